The minimum atomic E-state index is -4.15. The van der Waals surface area contributed by atoms with Crippen LogP contribution in [0.4, 0.5) is 13.2 Å². The Balaban J connectivity index is 3.83. The summed E-state index contributed by atoms with van der Waals surface area (Å²) in [7, 11) is 0. The third-order valence-corrected chi connectivity index (χ3v) is 1.58. The van der Waals surface area contributed by atoms with Crippen LogP contribution in [0.3, 0.4) is 0 Å². The summed E-state index contributed by atoms with van der Waals surface area (Å²) < 4.78 is 35.5. The molecule has 74 valence electrons. The quantitative estimate of drug-likeness (QED) is 0.712. The molecule has 0 bridgehead atoms. The van der Waals surface area contributed by atoms with Gasteiger partial charge < -0.3 is 5.11 Å². The third kappa shape index (κ3) is 6.46. The molecule has 1 N–H and O–H groups in total. The molecule has 0 saturated carbocycles. The summed E-state index contributed by atoms with van der Waals surface area (Å²) in [5, 5.41) is 8.64. The van der Waals surface area contributed by atoms with Gasteiger partial charge in [-0.1, -0.05) is 13.8 Å². The molecule has 0 spiro atoms. The second-order valence-corrected chi connectivity index (χ2v) is 3.50. The molecule has 0 aliphatic carbocycles. The first-order chi connectivity index (χ1) is 5.35. The van der Waals surface area contributed by atoms with Crippen LogP contribution in [0.1, 0.15) is 26.7 Å². The van der Waals surface area contributed by atoms with E-state index in [4.69, 9.17) is 5.11 Å². The van der Waals surface area contributed by atoms with E-state index in [1.54, 1.807) is 0 Å². The average molecular weight is 184 g/mol. The van der Waals surface area contributed by atoms with Gasteiger partial charge >= 0.3 is 6.18 Å². The van der Waals surface area contributed by atoms with Crippen LogP contribution in [-0.2, 0) is 0 Å². The molecule has 0 aliphatic rings. The highest BCUT2D eigenvalue weighted by Gasteiger charge is 2.31. The molecule has 0 heterocycles. The molecule has 0 radical (unpaired) electrons. The molecule has 0 fully saturated rings. The summed E-state index contributed by atoms with van der Waals surface area (Å²) in [5.74, 6) is -0.436. The molecular formula is C8H15F3O. The Bertz CT molecular complexity index is 120. The first-order valence-electron chi connectivity index (χ1n) is 4.02. The lowest BCUT2D eigenvalue weighted by atomic mass is 9.95. The minimum absolute atomic E-state index is 0.199. The van der Waals surface area contributed by atoms with Gasteiger partial charge in [0.2, 0.25) is 0 Å². The van der Waals surface area contributed by atoms with Gasteiger partial charge in [-0.2, -0.15) is 13.2 Å². The van der Waals surface area contributed by atoms with Crippen molar-refractivity contribution in [2.75, 3.05) is 6.61 Å². The fourth-order valence-corrected chi connectivity index (χ4v) is 1.22. The average Bonchev–Trinajstić information content (AvgIpc) is 1.82. The van der Waals surface area contributed by atoms with E-state index in [-0.39, 0.29) is 12.5 Å². The van der Waals surface area contributed by atoms with Crippen molar-refractivity contribution in [2.24, 2.45) is 11.8 Å². The van der Waals surface area contributed by atoms with Gasteiger partial charge in [-0.3, -0.25) is 0 Å². The topological polar surface area (TPSA) is 20.2 Å². The maximum atomic E-state index is 11.8. The van der Waals surface area contributed by atoms with Crippen LogP contribution < -0.4 is 0 Å². The Morgan fingerprint density at radius 2 is 1.75 bits per heavy atom. The molecule has 0 rings (SSSR count). The Morgan fingerprint density at radius 1 is 1.25 bits per heavy atom. The smallest absolute Gasteiger partial charge is 0.389 e. The largest absolute Gasteiger partial charge is 0.396 e. The molecule has 1 atom stereocenters. The third-order valence-electron chi connectivity index (χ3n) is 1.58. The molecule has 0 aliphatic heterocycles. The van der Waals surface area contributed by atoms with Gasteiger partial charge in [-0.05, 0) is 18.3 Å². The van der Waals surface area contributed by atoms with E-state index >= 15 is 0 Å². The highest BCUT2D eigenvalue weighted by molar-refractivity contribution is 4.64. The standard InChI is InChI=1S/C8H15F3O/c1-6(2)3-7(5-12)4-8(9,10)11/h6-7,12H,3-5H2,1-2H3/t7-/m1/s1. The molecule has 12 heavy (non-hydrogen) atoms. The highest BCUT2D eigenvalue weighted by atomic mass is 19.4. The number of hydrogen-bond donors (Lipinski definition) is 1. The number of hydrogen-bond acceptors (Lipinski definition) is 1. The molecule has 0 aromatic rings. The number of aliphatic hydroxyl groups is 1. The molecule has 0 amide bonds. The molecule has 0 saturated heterocycles. The predicted molar refractivity (Wildman–Crippen MR) is 40.7 cm³/mol. The van der Waals surface area contributed by atoms with Crippen LogP contribution in [0.15, 0.2) is 0 Å². The van der Waals surface area contributed by atoms with Crippen molar-refractivity contribution in [3.63, 3.8) is 0 Å². The highest BCUT2D eigenvalue weighted by Crippen LogP contribution is 2.27. The van der Waals surface area contributed by atoms with E-state index in [2.05, 4.69) is 0 Å². The van der Waals surface area contributed by atoms with Gasteiger partial charge in [0.05, 0.1) is 0 Å². The number of halogens is 3. The predicted octanol–water partition coefficient (Wildman–Crippen LogP) is 2.59. The lowest BCUT2D eigenvalue weighted by Crippen LogP contribution is -2.19. The summed E-state index contributed by atoms with van der Waals surface area (Å²) in [4.78, 5) is 0. The number of alkyl halides is 3. The second kappa shape index (κ2) is 4.70. The van der Waals surface area contributed by atoms with Crippen LogP contribution in [0.5, 0.6) is 0 Å². The van der Waals surface area contributed by atoms with Gasteiger partial charge in [0.1, 0.15) is 0 Å². The summed E-state index contributed by atoms with van der Waals surface area (Å²) in [6, 6.07) is 0. The number of rotatable bonds is 4. The Labute approximate surface area is 70.6 Å². The number of aliphatic hydroxyl groups excluding tert-OH is 1. The Morgan fingerprint density at radius 3 is 2.00 bits per heavy atom. The monoisotopic (exact) mass is 184 g/mol. The minimum Gasteiger partial charge on any atom is -0.396 e. The summed E-state index contributed by atoms with van der Waals surface area (Å²) in [6.07, 6.45) is -4.60. The van der Waals surface area contributed by atoms with E-state index in [9.17, 15) is 13.2 Å². The Kier molecular flexibility index (Phi) is 4.60. The van der Waals surface area contributed by atoms with Crippen molar-refractivity contribution in [1.82, 2.24) is 0 Å². The SMILES string of the molecule is CC(C)C[C@@H](CO)CC(F)(F)F. The first-order valence-corrected chi connectivity index (χ1v) is 4.02. The first kappa shape index (κ1) is 11.8. The van der Waals surface area contributed by atoms with Crippen LogP contribution in [0, 0.1) is 11.8 Å². The van der Waals surface area contributed by atoms with E-state index in [1.807, 2.05) is 13.8 Å². The summed E-state index contributed by atoms with van der Waals surface area (Å²) in [6.45, 7) is 3.32. The maximum absolute atomic E-state index is 11.8. The molecular weight excluding hydrogens is 169 g/mol. The van der Waals surface area contributed by atoms with Gasteiger partial charge in [-0.15, -0.1) is 0 Å². The normalized spacial score (nSPS) is 15.2. The zero-order valence-electron chi connectivity index (χ0n) is 7.36. The van der Waals surface area contributed by atoms with Crippen molar-refractivity contribution in [3.8, 4) is 0 Å². The van der Waals surface area contributed by atoms with E-state index in [1.165, 1.54) is 0 Å². The van der Waals surface area contributed by atoms with E-state index < -0.39 is 18.5 Å². The van der Waals surface area contributed by atoms with Gasteiger partial charge in [0.25, 0.3) is 0 Å². The molecule has 4 heteroatoms. The molecule has 0 unspecified atom stereocenters. The van der Waals surface area contributed by atoms with Crippen LogP contribution in [0.2, 0.25) is 0 Å². The van der Waals surface area contributed by atoms with Crippen molar-refractivity contribution < 1.29 is 18.3 Å². The van der Waals surface area contributed by atoms with Gasteiger partial charge in [0, 0.05) is 13.0 Å². The zero-order valence-corrected chi connectivity index (χ0v) is 7.36. The van der Waals surface area contributed by atoms with Crippen molar-refractivity contribution in [2.45, 2.75) is 32.9 Å². The molecule has 0 aromatic carbocycles. The van der Waals surface area contributed by atoms with Crippen molar-refractivity contribution in [3.05, 3.63) is 0 Å². The van der Waals surface area contributed by atoms with Crippen LogP contribution in [-0.4, -0.2) is 17.9 Å². The molecule has 0 aromatic heterocycles. The van der Waals surface area contributed by atoms with Gasteiger partial charge in [0.15, 0.2) is 0 Å². The lowest BCUT2D eigenvalue weighted by Gasteiger charge is -2.17. The van der Waals surface area contributed by atoms with E-state index in [0.29, 0.717) is 6.42 Å². The molecule has 1 nitrogen and oxygen atoms in total. The Hall–Kier alpha value is -0.250. The fraction of sp³-hybridized carbons (Fsp3) is 1.00. The maximum Gasteiger partial charge on any atom is 0.389 e. The van der Waals surface area contributed by atoms with Crippen LogP contribution in [0.25, 0.3) is 0 Å². The van der Waals surface area contributed by atoms with Crippen molar-refractivity contribution >= 4 is 0 Å². The van der Waals surface area contributed by atoms with Crippen molar-refractivity contribution in [1.29, 1.82) is 0 Å². The van der Waals surface area contributed by atoms with Crippen LogP contribution >= 0.6 is 0 Å². The summed E-state index contributed by atoms with van der Waals surface area (Å²) >= 11 is 0. The lowest BCUT2D eigenvalue weighted by molar-refractivity contribution is -0.148. The summed E-state index contributed by atoms with van der Waals surface area (Å²) in [5.41, 5.74) is 0. The fourth-order valence-electron chi connectivity index (χ4n) is 1.22. The second-order valence-electron chi connectivity index (χ2n) is 3.50. The van der Waals surface area contributed by atoms with Gasteiger partial charge in [-0.25, -0.2) is 0 Å². The zero-order chi connectivity index (χ0) is 9.78. The van der Waals surface area contributed by atoms with E-state index in [0.717, 1.165) is 0 Å².